The number of carbonyl (C=O) groups excluding carboxylic acids is 2. The minimum absolute atomic E-state index is 0.119. The molecule has 0 saturated carbocycles. The number of ether oxygens (including phenoxy) is 2. The van der Waals surface area contributed by atoms with Gasteiger partial charge in [-0.1, -0.05) is 23.2 Å². The second kappa shape index (κ2) is 9.37. The van der Waals surface area contributed by atoms with Crippen molar-refractivity contribution < 1.29 is 19.1 Å². The van der Waals surface area contributed by atoms with E-state index in [1.54, 1.807) is 60.4 Å². The molecule has 0 unspecified atom stereocenters. The Kier molecular flexibility index (Phi) is 6.87. The van der Waals surface area contributed by atoms with Crippen LogP contribution in [0.2, 0.25) is 10.0 Å². The second-order valence-corrected chi connectivity index (χ2v) is 7.48. The molecule has 8 heteroatoms. The third kappa shape index (κ3) is 4.95. The van der Waals surface area contributed by atoms with Crippen LogP contribution in [0.1, 0.15) is 27.1 Å². The molecule has 0 radical (unpaired) electrons. The molecule has 0 aliphatic carbocycles. The monoisotopic (exact) mass is 436 g/mol. The van der Waals surface area contributed by atoms with Crippen LogP contribution in [-0.4, -0.2) is 62.0 Å². The molecule has 1 heterocycles. The Balaban J connectivity index is 1.71. The van der Waals surface area contributed by atoms with Crippen LogP contribution in [0.4, 0.5) is 0 Å². The van der Waals surface area contributed by atoms with Crippen LogP contribution in [0.5, 0.6) is 11.5 Å². The Hall–Kier alpha value is -2.44. The molecule has 3 rings (SSSR count). The zero-order valence-electron chi connectivity index (χ0n) is 16.3. The van der Waals surface area contributed by atoms with Gasteiger partial charge in [-0.15, -0.1) is 0 Å². The number of halogens is 2. The summed E-state index contributed by atoms with van der Waals surface area (Å²) in [5.74, 6) is 0.866. The van der Waals surface area contributed by atoms with Crippen LogP contribution in [0.3, 0.4) is 0 Å². The highest BCUT2D eigenvalue weighted by Crippen LogP contribution is 2.25. The van der Waals surface area contributed by atoms with Crippen molar-refractivity contribution in [3.8, 4) is 11.5 Å². The van der Waals surface area contributed by atoms with Gasteiger partial charge in [0.25, 0.3) is 11.8 Å². The van der Waals surface area contributed by atoms with Gasteiger partial charge in [-0.3, -0.25) is 9.59 Å². The van der Waals surface area contributed by atoms with Crippen molar-refractivity contribution in [1.82, 2.24) is 9.80 Å². The number of methoxy groups -OCH3 is 2. The molecule has 1 aliphatic rings. The molecule has 0 spiro atoms. The van der Waals surface area contributed by atoms with E-state index in [0.29, 0.717) is 65.3 Å². The quantitative estimate of drug-likeness (QED) is 0.726. The third-order valence-corrected chi connectivity index (χ3v) is 5.57. The summed E-state index contributed by atoms with van der Waals surface area (Å²) in [6.07, 6.45) is 0.680. The molecule has 0 aromatic heterocycles. The highest BCUT2D eigenvalue weighted by molar-refractivity contribution is 6.42. The number of hydrogen-bond donors (Lipinski definition) is 0. The molecule has 2 amide bonds. The lowest BCUT2D eigenvalue weighted by Gasteiger charge is -2.23. The lowest BCUT2D eigenvalue weighted by atomic mass is 10.1. The fourth-order valence-electron chi connectivity index (χ4n) is 3.25. The zero-order chi connectivity index (χ0) is 21.0. The number of carbonyl (C=O) groups is 2. The van der Waals surface area contributed by atoms with Crippen LogP contribution in [0.15, 0.2) is 36.4 Å². The Morgan fingerprint density at radius 2 is 1.31 bits per heavy atom. The summed E-state index contributed by atoms with van der Waals surface area (Å²) in [5, 5.41) is 0.751. The van der Waals surface area contributed by atoms with E-state index < -0.39 is 0 Å². The molecule has 1 fully saturated rings. The average molecular weight is 437 g/mol. The Morgan fingerprint density at radius 1 is 0.759 bits per heavy atom. The highest BCUT2D eigenvalue weighted by atomic mass is 35.5. The van der Waals surface area contributed by atoms with Gasteiger partial charge in [0.05, 0.1) is 24.3 Å². The summed E-state index contributed by atoms with van der Waals surface area (Å²) in [7, 11) is 3.09. The van der Waals surface area contributed by atoms with Crippen LogP contribution in [0.25, 0.3) is 0 Å². The van der Waals surface area contributed by atoms with Crippen LogP contribution in [0, 0.1) is 0 Å². The summed E-state index contributed by atoms with van der Waals surface area (Å²) in [4.78, 5) is 29.3. The van der Waals surface area contributed by atoms with Gasteiger partial charge in [0.1, 0.15) is 11.5 Å². The SMILES string of the molecule is COc1cc(OC)cc(C(=O)N2CCCN(C(=O)c3ccc(Cl)c(Cl)c3)CC2)c1. The molecule has 1 saturated heterocycles. The van der Waals surface area contributed by atoms with Gasteiger partial charge in [-0.05, 0) is 36.8 Å². The maximum atomic E-state index is 13.0. The van der Waals surface area contributed by atoms with Crippen LogP contribution >= 0.6 is 23.2 Å². The minimum atomic E-state index is -0.124. The first kappa shape index (κ1) is 21.3. The number of amides is 2. The van der Waals surface area contributed by atoms with E-state index in [-0.39, 0.29) is 11.8 Å². The number of rotatable bonds is 4. The van der Waals surface area contributed by atoms with E-state index in [1.165, 1.54) is 0 Å². The summed E-state index contributed by atoms with van der Waals surface area (Å²) in [5.41, 5.74) is 0.974. The maximum absolute atomic E-state index is 13.0. The van der Waals surface area contributed by atoms with Gasteiger partial charge in [-0.25, -0.2) is 0 Å². The molecule has 2 aromatic rings. The smallest absolute Gasteiger partial charge is 0.254 e. The maximum Gasteiger partial charge on any atom is 0.254 e. The van der Waals surface area contributed by atoms with E-state index in [0.717, 1.165) is 0 Å². The number of benzene rings is 2. The fourth-order valence-corrected chi connectivity index (χ4v) is 3.55. The molecule has 0 bridgehead atoms. The van der Waals surface area contributed by atoms with Gasteiger partial charge in [0.2, 0.25) is 0 Å². The Bertz CT molecular complexity index is 897. The zero-order valence-corrected chi connectivity index (χ0v) is 17.8. The Labute approximate surface area is 179 Å². The van der Waals surface area contributed by atoms with Gasteiger partial charge < -0.3 is 19.3 Å². The van der Waals surface area contributed by atoms with Gasteiger partial charge >= 0.3 is 0 Å². The predicted octanol–water partition coefficient (Wildman–Crippen LogP) is 4.00. The van der Waals surface area contributed by atoms with Gasteiger partial charge in [0, 0.05) is 43.4 Å². The van der Waals surface area contributed by atoms with Crippen molar-refractivity contribution in [2.45, 2.75) is 6.42 Å². The second-order valence-electron chi connectivity index (χ2n) is 6.67. The standard InChI is InChI=1S/C21H22Cl2N2O4/c1-28-16-10-15(11-17(13-16)29-2)21(27)25-7-3-6-24(8-9-25)20(26)14-4-5-18(22)19(23)12-14/h4-5,10-13H,3,6-9H2,1-2H3. The van der Waals surface area contributed by atoms with E-state index in [4.69, 9.17) is 32.7 Å². The molecular formula is C21H22Cl2N2O4. The van der Waals surface area contributed by atoms with Crippen molar-refractivity contribution in [2.24, 2.45) is 0 Å². The van der Waals surface area contributed by atoms with Crippen LogP contribution < -0.4 is 9.47 Å². The third-order valence-electron chi connectivity index (χ3n) is 4.84. The number of nitrogens with zero attached hydrogens (tertiary/aromatic N) is 2. The van der Waals surface area contributed by atoms with E-state index in [2.05, 4.69) is 0 Å². The van der Waals surface area contributed by atoms with E-state index in [9.17, 15) is 9.59 Å². The summed E-state index contributed by atoms with van der Waals surface area (Å²) < 4.78 is 10.5. The van der Waals surface area contributed by atoms with Crippen molar-refractivity contribution in [1.29, 1.82) is 0 Å². The Morgan fingerprint density at radius 3 is 1.83 bits per heavy atom. The topological polar surface area (TPSA) is 59.1 Å². The molecule has 29 heavy (non-hydrogen) atoms. The molecule has 0 atom stereocenters. The molecule has 154 valence electrons. The van der Waals surface area contributed by atoms with Crippen LogP contribution in [-0.2, 0) is 0 Å². The average Bonchev–Trinajstić information content (AvgIpc) is 3.00. The first-order valence-electron chi connectivity index (χ1n) is 9.19. The summed E-state index contributed by atoms with van der Waals surface area (Å²) in [6.45, 7) is 1.99. The van der Waals surface area contributed by atoms with E-state index >= 15 is 0 Å². The first-order valence-corrected chi connectivity index (χ1v) is 9.95. The molecular weight excluding hydrogens is 415 g/mol. The van der Waals surface area contributed by atoms with Crippen molar-refractivity contribution >= 4 is 35.0 Å². The lowest BCUT2D eigenvalue weighted by molar-refractivity contribution is 0.0718. The summed E-state index contributed by atoms with van der Waals surface area (Å²) >= 11 is 12.0. The molecule has 0 N–H and O–H groups in total. The first-order chi connectivity index (χ1) is 13.9. The van der Waals surface area contributed by atoms with E-state index in [1.807, 2.05) is 0 Å². The van der Waals surface area contributed by atoms with Gasteiger partial charge in [-0.2, -0.15) is 0 Å². The molecule has 2 aromatic carbocycles. The number of hydrogen-bond acceptors (Lipinski definition) is 4. The molecule has 6 nitrogen and oxygen atoms in total. The highest BCUT2D eigenvalue weighted by Gasteiger charge is 2.24. The van der Waals surface area contributed by atoms with Gasteiger partial charge in [0.15, 0.2) is 0 Å². The van der Waals surface area contributed by atoms with Crippen molar-refractivity contribution in [3.63, 3.8) is 0 Å². The van der Waals surface area contributed by atoms with Crippen molar-refractivity contribution in [3.05, 3.63) is 57.6 Å². The normalized spacial score (nSPS) is 14.3. The minimum Gasteiger partial charge on any atom is -0.497 e. The lowest BCUT2D eigenvalue weighted by Crippen LogP contribution is -2.37. The summed E-state index contributed by atoms with van der Waals surface area (Å²) in [6, 6.07) is 9.94. The largest absolute Gasteiger partial charge is 0.497 e. The van der Waals surface area contributed by atoms with Crippen molar-refractivity contribution in [2.75, 3.05) is 40.4 Å². The molecule has 1 aliphatic heterocycles. The fraction of sp³-hybridized carbons (Fsp3) is 0.333. The predicted molar refractivity (Wildman–Crippen MR) is 112 cm³/mol.